The molecular formula is C18H21N7O2. The van der Waals surface area contributed by atoms with Gasteiger partial charge in [-0.1, -0.05) is 0 Å². The molecule has 3 N–H and O–H groups in total. The van der Waals surface area contributed by atoms with E-state index in [9.17, 15) is 9.59 Å². The summed E-state index contributed by atoms with van der Waals surface area (Å²) in [6.07, 6.45) is 0. The number of imidazole rings is 1. The molecular weight excluding hydrogens is 346 g/mol. The highest BCUT2D eigenvalue weighted by atomic mass is 16.2. The van der Waals surface area contributed by atoms with Crippen LogP contribution < -0.4 is 16.0 Å². The van der Waals surface area contributed by atoms with Gasteiger partial charge in [0.2, 0.25) is 11.9 Å². The Balaban J connectivity index is 1.79. The molecule has 0 bridgehead atoms. The van der Waals surface area contributed by atoms with Crippen LogP contribution in [0.2, 0.25) is 0 Å². The lowest BCUT2D eigenvalue weighted by Crippen LogP contribution is -2.29. The molecule has 3 aromatic rings. The van der Waals surface area contributed by atoms with Crippen LogP contribution in [0.4, 0.5) is 11.6 Å². The minimum atomic E-state index is -0.505. The summed E-state index contributed by atoms with van der Waals surface area (Å²) in [6, 6.07) is 5.18. The summed E-state index contributed by atoms with van der Waals surface area (Å²) in [6.45, 7) is 5.80. The average Bonchev–Trinajstić information content (AvgIpc) is 3.18. The van der Waals surface area contributed by atoms with E-state index in [2.05, 4.69) is 20.3 Å². The summed E-state index contributed by atoms with van der Waals surface area (Å²) < 4.78 is 3.63. The molecule has 3 heterocycles. The first-order valence-electron chi connectivity index (χ1n) is 8.80. The number of carbonyl (C=O) groups is 2. The van der Waals surface area contributed by atoms with Crippen LogP contribution in [-0.2, 0) is 13.1 Å². The summed E-state index contributed by atoms with van der Waals surface area (Å²) in [7, 11) is 1.96. The van der Waals surface area contributed by atoms with Crippen LogP contribution in [0.5, 0.6) is 0 Å². The molecule has 0 atom stereocenters. The number of nitrogens with two attached hydrogens (primary N) is 1. The first-order chi connectivity index (χ1) is 12.9. The highest BCUT2D eigenvalue weighted by molar-refractivity contribution is 6.05. The minimum Gasteiger partial charge on any atom is -0.371 e. The van der Waals surface area contributed by atoms with Crippen molar-refractivity contribution in [2.75, 3.05) is 23.8 Å². The van der Waals surface area contributed by atoms with Gasteiger partial charge in [-0.3, -0.25) is 19.6 Å². The molecule has 1 aromatic carbocycles. The van der Waals surface area contributed by atoms with Crippen molar-refractivity contribution >= 4 is 34.5 Å². The lowest BCUT2D eigenvalue weighted by molar-refractivity contribution is 0.0996. The highest BCUT2D eigenvalue weighted by Crippen LogP contribution is 2.33. The van der Waals surface area contributed by atoms with Crippen molar-refractivity contribution in [3.63, 3.8) is 0 Å². The van der Waals surface area contributed by atoms with Crippen molar-refractivity contribution < 1.29 is 9.59 Å². The van der Waals surface area contributed by atoms with E-state index in [4.69, 9.17) is 5.73 Å². The Morgan fingerprint density at radius 3 is 2.74 bits per heavy atom. The monoisotopic (exact) mass is 367 g/mol. The predicted octanol–water partition coefficient (Wildman–Crippen LogP) is 1.36. The fraction of sp³-hybridized carbons (Fsp3) is 0.333. The van der Waals surface area contributed by atoms with Gasteiger partial charge >= 0.3 is 0 Å². The molecule has 9 nitrogen and oxygen atoms in total. The number of hydrogen-bond donors (Lipinski definition) is 2. The van der Waals surface area contributed by atoms with E-state index in [0.717, 1.165) is 23.4 Å². The number of primary amides is 1. The number of hydrogen-bond acceptors (Lipinski definition) is 5. The van der Waals surface area contributed by atoms with Crippen LogP contribution in [-0.4, -0.2) is 44.7 Å². The maximum atomic E-state index is 12.8. The van der Waals surface area contributed by atoms with Crippen LogP contribution in [0.25, 0.3) is 11.0 Å². The fourth-order valence-corrected chi connectivity index (χ4v) is 3.50. The van der Waals surface area contributed by atoms with Crippen LogP contribution in [0.1, 0.15) is 33.5 Å². The van der Waals surface area contributed by atoms with Gasteiger partial charge in [0.05, 0.1) is 22.4 Å². The number of carbonyl (C=O) groups excluding carboxylic acids is 2. The summed E-state index contributed by atoms with van der Waals surface area (Å²) in [5.41, 5.74) is 9.50. The van der Waals surface area contributed by atoms with Gasteiger partial charge in [-0.05, 0) is 32.0 Å². The molecule has 27 heavy (non-hydrogen) atoms. The van der Waals surface area contributed by atoms with Crippen molar-refractivity contribution in [2.24, 2.45) is 5.73 Å². The van der Waals surface area contributed by atoms with Gasteiger partial charge in [0, 0.05) is 32.2 Å². The number of anilines is 2. The van der Waals surface area contributed by atoms with Crippen LogP contribution in [0.15, 0.2) is 18.2 Å². The maximum absolute atomic E-state index is 12.8. The first-order valence-corrected chi connectivity index (χ1v) is 8.80. The number of aryl methyl sites for hydroxylation is 2. The van der Waals surface area contributed by atoms with E-state index in [0.29, 0.717) is 35.8 Å². The molecule has 2 aromatic heterocycles. The lowest BCUT2D eigenvalue weighted by atomic mass is 10.1. The molecule has 1 aliphatic heterocycles. The van der Waals surface area contributed by atoms with Gasteiger partial charge in [-0.25, -0.2) is 4.98 Å². The maximum Gasteiger partial charge on any atom is 0.276 e. The van der Waals surface area contributed by atoms with E-state index >= 15 is 0 Å². The van der Waals surface area contributed by atoms with E-state index in [1.54, 1.807) is 22.9 Å². The van der Waals surface area contributed by atoms with E-state index in [1.165, 1.54) is 0 Å². The number of nitrogens with one attached hydrogen (secondary N) is 1. The second kappa shape index (κ2) is 6.11. The molecule has 1 aliphatic rings. The third-order valence-electron chi connectivity index (χ3n) is 4.84. The summed E-state index contributed by atoms with van der Waals surface area (Å²) in [5, 5.41) is 7.21. The van der Waals surface area contributed by atoms with Gasteiger partial charge in [0.25, 0.3) is 5.91 Å². The predicted molar refractivity (Wildman–Crippen MR) is 102 cm³/mol. The third-order valence-corrected chi connectivity index (χ3v) is 4.84. The average molecular weight is 367 g/mol. The van der Waals surface area contributed by atoms with Crippen molar-refractivity contribution in [1.82, 2.24) is 19.3 Å². The standard InChI is InChI=1S/C18H21N7O2/c1-4-25-14(7-10(2)22-25)17(27)21-18-20-12-8-11(16(19)26)9-13-15(12)24(18)6-5-23(13)3/h7-9H,4-6H2,1-3H3,(H2,19,26)(H,20,21,27). The molecule has 4 rings (SSSR count). The molecule has 0 unspecified atom stereocenters. The van der Waals surface area contributed by atoms with Gasteiger partial charge in [-0.15, -0.1) is 0 Å². The zero-order valence-corrected chi connectivity index (χ0v) is 15.5. The lowest BCUT2D eigenvalue weighted by Gasteiger charge is -2.27. The summed E-state index contributed by atoms with van der Waals surface area (Å²) in [5.74, 6) is -0.318. The van der Waals surface area contributed by atoms with Crippen molar-refractivity contribution in [2.45, 2.75) is 26.9 Å². The minimum absolute atomic E-state index is 0.264. The molecule has 0 radical (unpaired) electrons. The fourth-order valence-electron chi connectivity index (χ4n) is 3.50. The number of nitrogens with zero attached hydrogens (tertiary/aromatic N) is 5. The Labute approximate surface area is 155 Å². The third kappa shape index (κ3) is 2.71. The highest BCUT2D eigenvalue weighted by Gasteiger charge is 2.24. The molecule has 0 saturated carbocycles. The second-order valence-corrected chi connectivity index (χ2v) is 6.68. The Bertz CT molecular complexity index is 1080. The number of aromatic nitrogens is 4. The molecule has 0 fully saturated rings. The Kier molecular flexibility index (Phi) is 3.87. The molecule has 9 heteroatoms. The van der Waals surface area contributed by atoms with Gasteiger partial charge in [0.1, 0.15) is 5.69 Å². The van der Waals surface area contributed by atoms with Crippen molar-refractivity contribution in [3.8, 4) is 0 Å². The second-order valence-electron chi connectivity index (χ2n) is 6.68. The Morgan fingerprint density at radius 1 is 1.26 bits per heavy atom. The van der Waals surface area contributed by atoms with Gasteiger partial charge < -0.3 is 15.2 Å². The quantitative estimate of drug-likeness (QED) is 0.723. The number of amides is 2. The molecule has 2 amide bonds. The molecule has 0 saturated heterocycles. The zero-order valence-electron chi connectivity index (χ0n) is 15.5. The van der Waals surface area contributed by atoms with Gasteiger partial charge in [0.15, 0.2) is 0 Å². The normalized spacial score (nSPS) is 13.2. The van der Waals surface area contributed by atoms with Crippen molar-refractivity contribution in [3.05, 3.63) is 35.2 Å². The zero-order chi connectivity index (χ0) is 19.3. The SMILES string of the molecule is CCn1nc(C)cc1C(=O)Nc1nc2cc(C(N)=O)cc3c2n1CCN3C. The molecule has 140 valence electrons. The summed E-state index contributed by atoms with van der Waals surface area (Å²) in [4.78, 5) is 31.0. The Hall–Kier alpha value is -3.36. The number of likely N-dealkylation sites (N-methyl/N-ethyl adjacent to an activating group) is 1. The smallest absolute Gasteiger partial charge is 0.276 e. The topological polar surface area (TPSA) is 111 Å². The number of rotatable bonds is 4. The van der Waals surface area contributed by atoms with E-state index in [1.807, 2.05) is 25.5 Å². The van der Waals surface area contributed by atoms with E-state index in [-0.39, 0.29) is 5.91 Å². The number of benzene rings is 1. The summed E-state index contributed by atoms with van der Waals surface area (Å²) >= 11 is 0. The van der Waals surface area contributed by atoms with Gasteiger partial charge in [-0.2, -0.15) is 5.10 Å². The van der Waals surface area contributed by atoms with Crippen LogP contribution in [0.3, 0.4) is 0 Å². The Morgan fingerprint density at radius 2 is 2.04 bits per heavy atom. The van der Waals surface area contributed by atoms with Crippen molar-refractivity contribution in [1.29, 1.82) is 0 Å². The van der Waals surface area contributed by atoms with E-state index < -0.39 is 5.91 Å². The van der Waals surface area contributed by atoms with Crippen LogP contribution in [0, 0.1) is 6.92 Å². The molecule has 0 spiro atoms. The largest absolute Gasteiger partial charge is 0.371 e. The van der Waals surface area contributed by atoms with Crippen LogP contribution >= 0.6 is 0 Å². The first kappa shape index (κ1) is 17.1. The molecule has 0 aliphatic carbocycles.